The van der Waals surface area contributed by atoms with Crippen LogP contribution in [0.15, 0.2) is 36.8 Å². The highest BCUT2D eigenvalue weighted by Crippen LogP contribution is 2.29. The Morgan fingerprint density at radius 2 is 1.96 bits per heavy atom. The lowest BCUT2D eigenvalue weighted by atomic mass is 10.1. The molecular formula is C19H21ClN6O2. The first kappa shape index (κ1) is 18.5. The molecule has 1 fully saturated rings. The molecule has 1 aliphatic heterocycles. The van der Waals surface area contributed by atoms with Crippen molar-refractivity contribution in [3.63, 3.8) is 0 Å². The molecule has 1 saturated heterocycles. The molecule has 0 aliphatic carbocycles. The number of carbonyl (C=O) groups is 1. The molecule has 0 N–H and O–H groups in total. The van der Waals surface area contributed by atoms with E-state index < -0.39 is 0 Å². The predicted octanol–water partition coefficient (Wildman–Crippen LogP) is 3.11. The molecular weight excluding hydrogens is 380 g/mol. The Hall–Kier alpha value is -2.87. The second-order valence-corrected chi connectivity index (χ2v) is 7.22. The Morgan fingerprint density at radius 3 is 2.68 bits per heavy atom. The minimum Gasteiger partial charge on any atom is -0.447 e. The summed E-state index contributed by atoms with van der Waals surface area (Å²) in [5.74, 6) is 0.839. The van der Waals surface area contributed by atoms with E-state index in [-0.39, 0.29) is 12.2 Å². The molecule has 146 valence electrons. The van der Waals surface area contributed by atoms with Gasteiger partial charge < -0.3 is 14.5 Å². The Balaban J connectivity index is 1.55. The van der Waals surface area contributed by atoms with Crippen LogP contribution in [0.3, 0.4) is 0 Å². The molecule has 0 unspecified atom stereocenters. The van der Waals surface area contributed by atoms with Crippen LogP contribution in [0.5, 0.6) is 0 Å². The number of carbonyl (C=O) groups excluding carboxylic acids is 1. The van der Waals surface area contributed by atoms with Crippen LogP contribution in [0.1, 0.15) is 13.8 Å². The molecule has 0 atom stereocenters. The van der Waals surface area contributed by atoms with Crippen molar-refractivity contribution in [3.05, 3.63) is 41.9 Å². The first-order valence-electron chi connectivity index (χ1n) is 9.18. The second-order valence-electron chi connectivity index (χ2n) is 6.86. The third-order valence-electron chi connectivity index (χ3n) is 4.60. The molecule has 0 radical (unpaired) electrons. The Morgan fingerprint density at radius 1 is 1.18 bits per heavy atom. The van der Waals surface area contributed by atoms with Gasteiger partial charge >= 0.3 is 6.09 Å². The van der Waals surface area contributed by atoms with Crippen LogP contribution in [0, 0.1) is 0 Å². The number of halogens is 1. The average molecular weight is 401 g/mol. The maximum absolute atomic E-state index is 12.1. The Labute approximate surface area is 167 Å². The van der Waals surface area contributed by atoms with Gasteiger partial charge in [0.05, 0.1) is 12.3 Å². The SMILES string of the molecule is CC(C)OC(=O)N1CCN(c2ccn3ncc(-c4cccnc4Cl)c3n2)CC1. The fraction of sp³-hybridized carbons (Fsp3) is 0.368. The van der Waals surface area contributed by atoms with Gasteiger partial charge in [-0.2, -0.15) is 5.10 Å². The third-order valence-corrected chi connectivity index (χ3v) is 4.90. The number of aromatic nitrogens is 4. The van der Waals surface area contributed by atoms with Crippen molar-refractivity contribution in [2.75, 3.05) is 31.1 Å². The first-order valence-corrected chi connectivity index (χ1v) is 9.56. The van der Waals surface area contributed by atoms with Crippen LogP contribution in [0.2, 0.25) is 5.15 Å². The minimum absolute atomic E-state index is 0.116. The molecule has 3 aromatic rings. The number of ether oxygens (including phenoxy) is 1. The second kappa shape index (κ2) is 7.63. The van der Waals surface area contributed by atoms with Crippen molar-refractivity contribution in [2.24, 2.45) is 0 Å². The molecule has 0 bridgehead atoms. The van der Waals surface area contributed by atoms with Gasteiger partial charge in [-0.05, 0) is 32.0 Å². The summed E-state index contributed by atoms with van der Waals surface area (Å²) in [7, 11) is 0. The topological polar surface area (TPSA) is 75.9 Å². The highest BCUT2D eigenvalue weighted by molar-refractivity contribution is 6.32. The summed E-state index contributed by atoms with van der Waals surface area (Å²) in [5, 5.41) is 4.78. The number of pyridine rings is 1. The first-order chi connectivity index (χ1) is 13.5. The van der Waals surface area contributed by atoms with E-state index in [0.29, 0.717) is 37.0 Å². The van der Waals surface area contributed by atoms with E-state index >= 15 is 0 Å². The molecule has 0 saturated carbocycles. The molecule has 9 heteroatoms. The molecule has 3 aromatic heterocycles. The quantitative estimate of drug-likeness (QED) is 0.629. The number of hydrogen-bond donors (Lipinski definition) is 0. The largest absolute Gasteiger partial charge is 0.447 e. The van der Waals surface area contributed by atoms with Crippen molar-refractivity contribution in [1.29, 1.82) is 0 Å². The number of rotatable bonds is 3. The van der Waals surface area contributed by atoms with Crippen LogP contribution >= 0.6 is 11.6 Å². The number of nitrogens with zero attached hydrogens (tertiary/aromatic N) is 6. The van der Waals surface area contributed by atoms with Gasteiger partial charge in [0.2, 0.25) is 0 Å². The van der Waals surface area contributed by atoms with E-state index in [9.17, 15) is 4.79 Å². The molecule has 1 aliphatic rings. The lowest BCUT2D eigenvalue weighted by Gasteiger charge is -2.35. The van der Waals surface area contributed by atoms with Gasteiger partial charge in [-0.25, -0.2) is 19.3 Å². The fourth-order valence-electron chi connectivity index (χ4n) is 3.21. The van der Waals surface area contributed by atoms with Crippen molar-refractivity contribution in [2.45, 2.75) is 20.0 Å². The number of piperazine rings is 1. The van der Waals surface area contributed by atoms with Gasteiger partial charge in [0.25, 0.3) is 0 Å². The van der Waals surface area contributed by atoms with E-state index in [1.165, 1.54) is 0 Å². The van der Waals surface area contributed by atoms with Gasteiger partial charge in [-0.15, -0.1) is 0 Å². The maximum Gasteiger partial charge on any atom is 0.410 e. The van der Waals surface area contributed by atoms with Crippen molar-refractivity contribution in [1.82, 2.24) is 24.5 Å². The minimum atomic E-state index is -0.262. The summed E-state index contributed by atoms with van der Waals surface area (Å²) in [6.07, 6.45) is 4.90. The molecule has 4 heterocycles. The van der Waals surface area contributed by atoms with Gasteiger partial charge in [-0.1, -0.05) is 11.6 Å². The van der Waals surface area contributed by atoms with Crippen LogP contribution in [0.4, 0.5) is 10.6 Å². The van der Waals surface area contributed by atoms with E-state index in [4.69, 9.17) is 21.3 Å². The number of amides is 1. The summed E-state index contributed by atoms with van der Waals surface area (Å²) >= 11 is 6.25. The van der Waals surface area contributed by atoms with Gasteiger partial charge in [-0.3, -0.25) is 0 Å². The highest BCUT2D eigenvalue weighted by atomic mass is 35.5. The Kier molecular flexibility index (Phi) is 5.04. The van der Waals surface area contributed by atoms with Crippen LogP contribution in [-0.4, -0.2) is 62.9 Å². The van der Waals surface area contributed by atoms with Gasteiger partial charge in [0.15, 0.2) is 5.65 Å². The van der Waals surface area contributed by atoms with E-state index in [0.717, 1.165) is 16.9 Å². The fourth-order valence-corrected chi connectivity index (χ4v) is 3.43. The summed E-state index contributed by atoms with van der Waals surface area (Å²) < 4.78 is 7.00. The molecule has 28 heavy (non-hydrogen) atoms. The van der Waals surface area contributed by atoms with Gasteiger partial charge in [0.1, 0.15) is 11.0 Å². The zero-order chi connectivity index (χ0) is 19.7. The third kappa shape index (κ3) is 3.60. The zero-order valence-electron chi connectivity index (χ0n) is 15.7. The lowest BCUT2D eigenvalue weighted by Crippen LogP contribution is -2.49. The van der Waals surface area contributed by atoms with Crippen molar-refractivity contribution >= 4 is 29.2 Å². The summed E-state index contributed by atoms with van der Waals surface area (Å²) in [6, 6.07) is 5.67. The summed E-state index contributed by atoms with van der Waals surface area (Å²) in [4.78, 5) is 24.9. The molecule has 4 rings (SSSR count). The van der Waals surface area contributed by atoms with Gasteiger partial charge in [0, 0.05) is 49.7 Å². The summed E-state index contributed by atoms with van der Waals surface area (Å²) in [6.45, 7) is 6.27. The van der Waals surface area contributed by atoms with Crippen molar-refractivity contribution in [3.8, 4) is 11.1 Å². The normalized spacial score (nSPS) is 14.7. The van der Waals surface area contributed by atoms with Crippen LogP contribution in [0.25, 0.3) is 16.8 Å². The molecule has 1 amide bonds. The van der Waals surface area contributed by atoms with Crippen LogP contribution < -0.4 is 4.90 Å². The lowest BCUT2D eigenvalue weighted by molar-refractivity contribution is 0.0751. The van der Waals surface area contributed by atoms with Crippen molar-refractivity contribution < 1.29 is 9.53 Å². The Bertz CT molecular complexity index is 997. The number of hydrogen-bond acceptors (Lipinski definition) is 6. The number of anilines is 1. The smallest absolute Gasteiger partial charge is 0.410 e. The molecule has 0 spiro atoms. The average Bonchev–Trinajstić information content (AvgIpc) is 3.11. The standard InChI is InChI=1S/C19H21ClN6O2/c1-13(2)28-19(27)25-10-8-24(9-11-25)16-5-7-26-18(23-16)15(12-22-26)14-4-3-6-21-17(14)20/h3-7,12-13H,8-11H2,1-2H3. The highest BCUT2D eigenvalue weighted by Gasteiger charge is 2.24. The maximum atomic E-state index is 12.1. The summed E-state index contributed by atoms with van der Waals surface area (Å²) in [5.41, 5.74) is 2.35. The van der Waals surface area contributed by atoms with Crippen LogP contribution in [-0.2, 0) is 4.74 Å². The zero-order valence-corrected chi connectivity index (χ0v) is 16.5. The predicted molar refractivity (Wildman–Crippen MR) is 107 cm³/mol. The monoisotopic (exact) mass is 400 g/mol. The van der Waals surface area contributed by atoms with E-state index in [1.807, 2.05) is 38.2 Å². The molecule has 0 aromatic carbocycles. The number of fused-ring (bicyclic) bond motifs is 1. The van der Waals surface area contributed by atoms with E-state index in [2.05, 4.69) is 15.0 Å². The van der Waals surface area contributed by atoms with E-state index in [1.54, 1.807) is 21.8 Å². The molecule has 8 nitrogen and oxygen atoms in total.